The number of hydrogen-bond donors (Lipinski definition) is 1. The van der Waals surface area contributed by atoms with Gasteiger partial charge in [-0.25, -0.2) is 0 Å². The first kappa shape index (κ1) is 20.3. The molecule has 1 aromatic carbocycles. The molecule has 1 aliphatic heterocycles. The predicted molar refractivity (Wildman–Crippen MR) is 99.5 cm³/mol. The molecule has 1 aliphatic carbocycles. The van der Waals surface area contributed by atoms with Crippen LogP contribution in [0.4, 0.5) is 0 Å². The third kappa shape index (κ3) is 4.87. The smallest absolute Gasteiger partial charge is 0.264 e. The monoisotopic (exact) mass is 397 g/mol. The number of carbonyl (C=O) groups excluding carboxylic acids is 1. The Kier molecular flexibility index (Phi) is 6.20. The molecule has 1 saturated heterocycles. The van der Waals surface area contributed by atoms with E-state index in [-0.39, 0.29) is 17.9 Å². The van der Waals surface area contributed by atoms with E-state index in [4.69, 9.17) is 13.7 Å². The number of benzene rings is 1. The highest BCUT2D eigenvalue weighted by molar-refractivity contribution is 7.86. The van der Waals surface area contributed by atoms with E-state index < -0.39 is 28.6 Å². The molecule has 5 unspecified atom stereocenters. The second-order valence-electron chi connectivity index (χ2n) is 7.35. The summed E-state index contributed by atoms with van der Waals surface area (Å²) in [6.07, 6.45) is 1.81. The summed E-state index contributed by atoms with van der Waals surface area (Å²) in [5, 5.41) is 2.76. The Morgan fingerprint density at radius 2 is 1.93 bits per heavy atom. The lowest BCUT2D eigenvalue weighted by atomic mass is 9.71. The number of hydrogen-bond acceptors (Lipinski definition) is 6. The van der Waals surface area contributed by atoms with Crippen LogP contribution in [0.1, 0.15) is 37.7 Å². The highest BCUT2D eigenvalue weighted by Crippen LogP contribution is 2.44. The van der Waals surface area contributed by atoms with Gasteiger partial charge in [-0.15, -0.1) is 0 Å². The van der Waals surface area contributed by atoms with E-state index in [2.05, 4.69) is 17.4 Å². The van der Waals surface area contributed by atoms with Crippen molar-refractivity contribution in [3.05, 3.63) is 35.9 Å². The van der Waals surface area contributed by atoms with Gasteiger partial charge < -0.3 is 14.8 Å². The van der Waals surface area contributed by atoms with Gasteiger partial charge in [-0.1, -0.05) is 30.3 Å². The maximum atomic E-state index is 11.9. The molecule has 1 heterocycles. The van der Waals surface area contributed by atoms with E-state index >= 15 is 0 Å². The van der Waals surface area contributed by atoms with Crippen LogP contribution < -0.4 is 5.32 Å². The van der Waals surface area contributed by atoms with Crippen molar-refractivity contribution < 1.29 is 26.9 Å². The fourth-order valence-corrected chi connectivity index (χ4v) is 4.98. The lowest BCUT2D eigenvalue weighted by molar-refractivity contribution is -0.245. The molecule has 1 N–H and O–H groups in total. The van der Waals surface area contributed by atoms with Gasteiger partial charge in [-0.2, -0.15) is 8.42 Å². The molecule has 27 heavy (non-hydrogen) atoms. The third-order valence-electron chi connectivity index (χ3n) is 5.37. The fourth-order valence-electron chi connectivity index (χ4n) is 4.32. The summed E-state index contributed by atoms with van der Waals surface area (Å²) in [7, 11) is -2.24. The lowest BCUT2D eigenvalue weighted by Gasteiger charge is -2.49. The van der Waals surface area contributed by atoms with Crippen LogP contribution in [0.5, 0.6) is 0 Å². The topological polar surface area (TPSA) is 90.9 Å². The van der Waals surface area contributed by atoms with Crippen LogP contribution in [0.3, 0.4) is 0 Å². The summed E-state index contributed by atoms with van der Waals surface area (Å²) in [4.78, 5) is 11.7. The summed E-state index contributed by atoms with van der Waals surface area (Å²) >= 11 is 0. The molecule has 0 aromatic heterocycles. The van der Waals surface area contributed by atoms with Crippen molar-refractivity contribution in [1.82, 2.24) is 5.32 Å². The maximum Gasteiger partial charge on any atom is 0.264 e. The van der Waals surface area contributed by atoms with Crippen molar-refractivity contribution in [2.24, 2.45) is 5.92 Å². The van der Waals surface area contributed by atoms with Gasteiger partial charge in [0.05, 0.1) is 12.4 Å². The average molecular weight is 397 g/mol. The average Bonchev–Trinajstić information content (AvgIpc) is 2.62. The summed E-state index contributed by atoms with van der Waals surface area (Å²) in [6.45, 7) is 1.38. The number of rotatable bonds is 5. The Labute approximate surface area is 160 Å². The molecule has 2 fully saturated rings. The van der Waals surface area contributed by atoms with Gasteiger partial charge in [0, 0.05) is 20.0 Å². The van der Waals surface area contributed by atoms with E-state index in [1.807, 2.05) is 18.2 Å². The standard InChI is InChI=1S/C19H27NO6S/c1-12(21)20-17-18(26-27(3,22)23)15-11-14(13-7-5-4-6-8-13)9-10-16(15)25-19(17)24-2/h4-8,14-19H,9-11H2,1-3H3,(H,20,21)/t14?,15?,16?,17?,18-,19?/m0/s1. The van der Waals surface area contributed by atoms with Crippen LogP contribution in [0.2, 0.25) is 0 Å². The van der Waals surface area contributed by atoms with Crippen LogP contribution in [0, 0.1) is 5.92 Å². The Morgan fingerprint density at radius 3 is 2.52 bits per heavy atom. The Morgan fingerprint density at radius 1 is 1.22 bits per heavy atom. The molecule has 1 amide bonds. The van der Waals surface area contributed by atoms with Crippen molar-refractivity contribution in [1.29, 1.82) is 0 Å². The molecule has 8 heteroatoms. The van der Waals surface area contributed by atoms with Gasteiger partial charge in [0.15, 0.2) is 6.29 Å². The second kappa shape index (κ2) is 8.26. The number of amides is 1. The lowest BCUT2D eigenvalue weighted by Crippen LogP contribution is -2.63. The molecular weight excluding hydrogens is 370 g/mol. The van der Waals surface area contributed by atoms with Gasteiger partial charge in [0.25, 0.3) is 10.1 Å². The number of ether oxygens (including phenoxy) is 2. The SMILES string of the molecule is COC1OC2CCC(c3ccccc3)CC2[C@H](OS(C)(=O)=O)C1NC(C)=O. The molecule has 0 spiro atoms. The van der Waals surface area contributed by atoms with Gasteiger partial charge in [0.2, 0.25) is 5.91 Å². The molecule has 0 bridgehead atoms. The zero-order valence-electron chi connectivity index (χ0n) is 15.8. The zero-order valence-corrected chi connectivity index (χ0v) is 16.6. The van der Waals surface area contributed by atoms with Crippen LogP contribution >= 0.6 is 0 Å². The van der Waals surface area contributed by atoms with E-state index in [0.717, 1.165) is 25.5 Å². The minimum absolute atomic E-state index is 0.165. The Hall–Kier alpha value is -1.48. The van der Waals surface area contributed by atoms with Crippen LogP contribution in [-0.2, 0) is 28.6 Å². The highest BCUT2D eigenvalue weighted by atomic mass is 32.2. The largest absolute Gasteiger partial charge is 0.354 e. The van der Waals surface area contributed by atoms with Crippen LogP contribution in [0.25, 0.3) is 0 Å². The van der Waals surface area contributed by atoms with Crippen molar-refractivity contribution >= 4 is 16.0 Å². The Balaban J connectivity index is 1.90. The molecule has 150 valence electrons. The molecule has 2 aliphatic rings. The van der Waals surface area contributed by atoms with Crippen LogP contribution in [0.15, 0.2) is 30.3 Å². The summed E-state index contributed by atoms with van der Waals surface area (Å²) in [5.74, 6) is -0.165. The summed E-state index contributed by atoms with van der Waals surface area (Å²) < 4.78 is 40.8. The first-order valence-electron chi connectivity index (χ1n) is 9.17. The van der Waals surface area contributed by atoms with Crippen molar-refractivity contribution in [2.75, 3.05) is 13.4 Å². The van der Waals surface area contributed by atoms with Gasteiger partial charge in [-0.05, 0) is 30.7 Å². The third-order valence-corrected chi connectivity index (χ3v) is 5.94. The number of fused-ring (bicyclic) bond motifs is 1. The predicted octanol–water partition coefficient (Wildman–Crippen LogP) is 1.79. The minimum Gasteiger partial charge on any atom is -0.354 e. The van der Waals surface area contributed by atoms with Gasteiger partial charge >= 0.3 is 0 Å². The first-order chi connectivity index (χ1) is 12.8. The summed E-state index contributed by atoms with van der Waals surface area (Å²) in [5.41, 5.74) is 1.22. The Bertz CT molecular complexity index is 753. The molecule has 1 aromatic rings. The number of carbonyl (C=O) groups is 1. The van der Waals surface area contributed by atoms with Crippen LogP contribution in [-0.4, -0.2) is 52.2 Å². The fraction of sp³-hybridized carbons (Fsp3) is 0.632. The first-order valence-corrected chi connectivity index (χ1v) is 11.0. The van der Waals surface area contributed by atoms with Crippen molar-refractivity contribution in [3.63, 3.8) is 0 Å². The minimum atomic E-state index is -3.72. The normalized spacial score (nSPS) is 33.9. The van der Waals surface area contributed by atoms with Crippen molar-refractivity contribution in [3.8, 4) is 0 Å². The molecule has 6 atom stereocenters. The number of methoxy groups -OCH3 is 1. The summed E-state index contributed by atoms with van der Waals surface area (Å²) in [6, 6.07) is 9.46. The molecule has 1 saturated carbocycles. The van der Waals surface area contributed by atoms with E-state index in [1.165, 1.54) is 19.6 Å². The van der Waals surface area contributed by atoms with Gasteiger partial charge in [0.1, 0.15) is 12.1 Å². The highest BCUT2D eigenvalue weighted by Gasteiger charge is 2.50. The van der Waals surface area contributed by atoms with E-state index in [0.29, 0.717) is 5.92 Å². The molecule has 0 radical (unpaired) electrons. The van der Waals surface area contributed by atoms with Crippen molar-refractivity contribution in [2.45, 2.75) is 56.6 Å². The maximum absolute atomic E-state index is 11.9. The molecule has 7 nitrogen and oxygen atoms in total. The van der Waals surface area contributed by atoms with E-state index in [1.54, 1.807) is 0 Å². The van der Waals surface area contributed by atoms with Gasteiger partial charge in [-0.3, -0.25) is 8.98 Å². The van der Waals surface area contributed by atoms with E-state index in [9.17, 15) is 13.2 Å². The quantitative estimate of drug-likeness (QED) is 0.762. The molecular formula is C19H27NO6S. The zero-order chi connectivity index (χ0) is 19.6. The number of nitrogens with one attached hydrogen (secondary N) is 1. The molecule has 3 rings (SSSR count). The second-order valence-corrected chi connectivity index (χ2v) is 8.96.